The van der Waals surface area contributed by atoms with Crippen LogP contribution >= 0.6 is 0 Å². The summed E-state index contributed by atoms with van der Waals surface area (Å²) in [6, 6.07) is 11.0. The molecular formula is C25H25F2N3O3. The van der Waals surface area contributed by atoms with Crippen LogP contribution in [-0.2, 0) is 29.1 Å². The van der Waals surface area contributed by atoms with Crippen LogP contribution in [0, 0.1) is 17.6 Å². The fourth-order valence-corrected chi connectivity index (χ4v) is 3.83. The molecule has 0 N–H and O–H groups in total. The van der Waals surface area contributed by atoms with Gasteiger partial charge < -0.3 is 9.47 Å². The Balaban J connectivity index is 1.38. The Morgan fingerprint density at radius 3 is 2.67 bits per heavy atom. The molecule has 1 unspecified atom stereocenters. The first-order chi connectivity index (χ1) is 15.9. The van der Waals surface area contributed by atoms with Crippen molar-refractivity contribution in [1.29, 1.82) is 0 Å². The van der Waals surface area contributed by atoms with Gasteiger partial charge in [0.05, 0.1) is 18.7 Å². The Bertz CT molecular complexity index is 1140. The molecule has 6 nitrogen and oxygen atoms in total. The van der Waals surface area contributed by atoms with Crippen molar-refractivity contribution in [2.45, 2.75) is 26.5 Å². The molecule has 2 aromatic carbocycles. The van der Waals surface area contributed by atoms with Gasteiger partial charge in [-0.2, -0.15) is 0 Å². The first-order valence-electron chi connectivity index (χ1n) is 10.7. The van der Waals surface area contributed by atoms with E-state index in [1.807, 2.05) is 25.3 Å². The van der Waals surface area contributed by atoms with Crippen molar-refractivity contribution in [3.63, 3.8) is 0 Å². The van der Waals surface area contributed by atoms with E-state index in [4.69, 9.17) is 14.5 Å². The molecule has 0 amide bonds. The highest BCUT2D eigenvalue weighted by atomic mass is 19.2. The van der Waals surface area contributed by atoms with Crippen LogP contribution in [0.25, 0.3) is 11.4 Å². The van der Waals surface area contributed by atoms with Crippen LogP contribution in [0.4, 0.5) is 8.78 Å². The van der Waals surface area contributed by atoms with Gasteiger partial charge in [-0.1, -0.05) is 13.0 Å². The van der Waals surface area contributed by atoms with Crippen molar-refractivity contribution < 1.29 is 23.0 Å². The third-order valence-electron chi connectivity index (χ3n) is 5.65. The Kier molecular flexibility index (Phi) is 6.93. The maximum atomic E-state index is 13.3. The van der Waals surface area contributed by atoms with Gasteiger partial charge in [-0.3, -0.25) is 9.69 Å². The third kappa shape index (κ3) is 5.51. The fraction of sp³-hybridized carbons (Fsp3) is 0.320. The molecule has 33 heavy (non-hydrogen) atoms. The molecular weight excluding hydrogens is 428 g/mol. The molecule has 1 aromatic heterocycles. The first-order valence-corrected chi connectivity index (χ1v) is 10.7. The average Bonchev–Trinajstić information content (AvgIpc) is 2.84. The predicted molar refractivity (Wildman–Crippen MR) is 118 cm³/mol. The molecule has 4 rings (SSSR count). The number of benzene rings is 2. The molecule has 2 heterocycles. The molecule has 0 radical (unpaired) electrons. The van der Waals surface area contributed by atoms with Crippen LogP contribution in [-0.4, -0.2) is 41.0 Å². The maximum Gasteiger partial charge on any atom is 0.309 e. The number of nitrogens with zero attached hydrogens (tertiary/aromatic N) is 3. The molecule has 1 aliphatic rings. The predicted octanol–water partition coefficient (Wildman–Crippen LogP) is 4.17. The quantitative estimate of drug-likeness (QED) is 0.501. The molecule has 1 atom stereocenters. The van der Waals surface area contributed by atoms with E-state index in [-0.39, 0.29) is 18.5 Å². The van der Waals surface area contributed by atoms with Crippen LogP contribution in [0.1, 0.15) is 23.7 Å². The smallest absolute Gasteiger partial charge is 0.309 e. The molecule has 0 spiro atoms. The average molecular weight is 453 g/mol. The van der Waals surface area contributed by atoms with Gasteiger partial charge >= 0.3 is 5.97 Å². The summed E-state index contributed by atoms with van der Waals surface area (Å²) < 4.78 is 36.8. The van der Waals surface area contributed by atoms with Crippen molar-refractivity contribution in [3.05, 3.63) is 77.1 Å². The summed E-state index contributed by atoms with van der Waals surface area (Å²) in [6.07, 6.45) is 2.63. The zero-order chi connectivity index (χ0) is 23.4. The number of carbonyl (C=O) groups excluding carboxylic acids is 1. The third-order valence-corrected chi connectivity index (χ3v) is 5.65. The summed E-state index contributed by atoms with van der Waals surface area (Å²) in [5, 5.41) is 0. The number of rotatable bonds is 7. The first kappa shape index (κ1) is 22.8. The lowest BCUT2D eigenvalue weighted by Gasteiger charge is -2.29. The minimum atomic E-state index is -0.892. The minimum absolute atomic E-state index is 0.136. The van der Waals surface area contributed by atoms with E-state index in [1.165, 1.54) is 13.2 Å². The second kappa shape index (κ2) is 10.0. The van der Waals surface area contributed by atoms with Crippen molar-refractivity contribution in [2.75, 3.05) is 20.2 Å². The number of fused-ring (bicyclic) bond motifs is 1. The molecule has 0 saturated carbocycles. The molecule has 8 heteroatoms. The summed E-state index contributed by atoms with van der Waals surface area (Å²) in [7, 11) is 1.41. The van der Waals surface area contributed by atoms with Gasteiger partial charge in [-0.25, -0.2) is 18.7 Å². The lowest BCUT2D eigenvalue weighted by molar-refractivity contribution is -0.145. The normalized spacial score (nSPS) is 14.4. The summed E-state index contributed by atoms with van der Waals surface area (Å²) in [6.45, 7) is 4.17. The number of hydrogen-bond acceptors (Lipinski definition) is 6. The van der Waals surface area contributed by atoms with Crippen LogP contribution in [0.15, 0.2) is 48.7 Å². The highest BCUT2D eigenvalue weighted by molar-refractivity contribution is 5.72. The minimum Gasteiger partial charge on any atom is -0.489 e. The van der Waals surface area contributed by atoms with Crippen molar-refractivity contribution in [3.8, 4) is 17.1 Å². The van der Waals surface area contributed by atoms with Gasteiger partial charge in [0.25, 0.3) is 0 Å². The molecule has 1 aliphatic heterocycles. The number of aromatic nitrogens is 2. The molecule has 0 saturated heterocycles. The summed E-state index contributed by atoms with van der Waals surface area (Å²) >= 11 is 0. The number of esters is 1. The highest BCUT2D eigenvalue weighted by Crippen LogP contribution is 2.24. The number of carbonyl (C=O) groups is 1. The monoisotopic (exact) mass is 453 g/mol. The lowest BCUT2D eigenvalue weighted by atomic mass is 10.0. The second-order valence-corrected chi connectivity index (χ2v) is 8.14. The van der Waals surface area contributed by atoms with Gasteiger partial charge in [0, 0.05) is 43.4 Å². The fourth-order valence-electron chi connectivity index (χ4n) is 3.83. The standard InChI is InChI=1S/C25H25F2N3O3/c1-16(25(31)32-2)13-30-10-9-23-19(14-30)12-28-24(29-23)18-4-6-20(7-5-18)33-15-17-3-8-21(26)22(27)11-17/h3-8,11-12,16H,9-10,13-15H2,1-2H3. The molecule has 172 valence electrons. The van der Waals surface area contributed by atoms with Crippen LogP contribution in [0.3, 0.4) is 0 Å². The van der Waals surface area contributed by atoms with E-state index in [0.717, 1.165) is 41.9 Å². The summed E-state index contributed by atoms with van der Waals surface area (Å²) in [4.78, 5) is 23.2. The number of halogens is 2. The van der Waals surface area contributed by atoms with Crippen LogP contribution in [0.5, 0.6) is 5.75 Å². The highest BCUT2D eigenvalue weighted by Gasteiger charge is 2.23. The SMILES string of the molecule is COC(=O)C(C)CN1CCc2nc(-c3ccc(OCc4ccc(F)c(F)c4)cc3)ncc2C1. The van der Waals surface area contributed by atoms with Crippen LogP contribution in [0.2, 0.25) is 0 Å². The van der Waals surface area contributed by atoms with E-state index in [0.29, 0.717) is 30.2 Å². The maximum absolute atomic E-state index is 13.3. The zero-order valence-corrected chi connectivity index (χ0v) is 18.6. The van der Waals surface area contributed by atoms with Crippen LogP contribution < -0.4 is 4.74 Å². The Hall–Kier alpha value is -3.39. The number of hydrogen-bond donors (Lipinski definition) is 0. The number of methoxy groups -OCH3 is 1. The van der Waals surface area contributed by atoms with E-state index >= 15 is 0 Å². The van der Waals surface area contributed by atoms with Crippen molar-refractivity contribution in [1.82, 2.24) is 14.9 Å². The van der Waals surface area contributed by atoms with E-state index in [9.17, 15) is 13.6 Å². The lowest BCUT2D eigenvalue weighted by Crippen LogP contribution is -2.36. The Morgan fingerprint density at radius 1 is 1.15 bits per heavy atom. The summed E-state index contributed by atoms with van der Waals surface area (Å²) in [5.41, 5.74) is 3.49. The van der Waals surface area contributed by atoms with Crippen molar-refractivity contribution >= 4 is 5.97 Å². The molecule has 0 fully saturated rings. The Labute approximate surface area is 191 Å². The largest absolute Gasteiger partial charge is 0.489 e. The molecule has 0 aliphatic carbocycles. The van der Waals surface area contributed by atoms with Gasteiger partial charge in [-0.15, -0.1) is 0 Å². The van der Waals surface area contributed by atoms with E-state index in [2.05, 4.69) is 9.88 Å². The zero-order valence-electron chi connectivity index (χ0n) is 18.6. The van der Waals surface area contributed by atoms with E-state index < -0.39 is 11.6 Å². The Morgan fingerprint density at radius 2 is 1.94 bits per heavy atom. The van der Waals surface area contributed by atoms with Gasteiger partial charge in [0.2, 0.25) is 0 Å². The second-order valence-electron chi connectivity index (χ2n) is 8.14. The molecule has 3 aromatic rings. The number of ether oxygens (including phenoxy) is 2. The topological polar surface area (TPSA) is 64.5 Å². The van der Waals surface area contributed by atoms with Gasteiger partial charge in [-0.05, 0) is 42.0 Å². The van der Waals surface area contributed by atoms with E-state index in [1.54, 1.807) is 12.1 Å². The van der Waals surface area contributed by atoms with Gasteiger partial charge in [0.1, 0.15) is 12.4 Å². The molecule has 0 bridgehead atoms. The van der Waals surface area contributed by atoms with Crippen molar-refractivity contribution in [2.24, 2.45) is 5.92 Å². The summed E-state index contributed by atoms with van der Waals surface area (Å²) in [5.74, 6) is -0.910. The van der Waals surface area contributed by atoms with Gasteiger partial charge in [0.15, 0.2) is 17.5 Å².